The third-order valence-electron chi connectivity index (χ3n) is 3.58. The van der Waals surface area contributed by atoms with E-state index in [1.54, 1.807) is 0 Å². The third-order valence-corrected chi connectivity index (χ3v) is 3.58. The van der Waals surface area contributed by atoms with Gasteiger partial charge >= 0.3 is 0 Å². The number of nitrogens with one attached hydrogen (secondary N) is 1. The van der Waals surface area contributed by atoms with Gasteiger partial charge in [0, 0.05) is 19.0 Å². The molecular formula is C10H18N2O. The van der Waals surface area contributed by atoms with Gasteiger partial charge in [0.25, 0.3) is 0 Å². The summed E-state index contributed by atoms with van der Waals surface area (Å²) in [5.41, 5.74) is 0. The Morgan fingerprint density at radius 3 is 3.08 bits per heavy atom. The summed E-state index contributed by atoms with van der Waals surface area (Å²) in [6, 6.07) is 0.425. The van der Waals surface area contributed by atoms with Gasteiger partial charge in [-0.3, -0.25) is 4.79 Å². The molecule has 3 atom stereocenters. The monoisotopic (exact) mass is 182 g/mol. The van der Waals surface area contributed by atoms with E-state index in [-0.39, 0.29) is 0 Å². The van der Waals surface area contributed by atoms with Gasteiger partial charge < -0.3 is 10.2 Å². The molecule has 3 heteroatoms. The molecule has 3 nitrogen and oxygen atoms in total. The van der Waals surface area contributed by atoms with Crippen LogP contribution in [0.3, 0.4) is 0 Å². The van der Waals surface area contributed by atoms with Crippen LogP contribution in [-0.4, -0.2) is 37.0 Å². The van der Waals surface area contributed by atoms with E-state index in [2.05, 4.69) is 12.2 Å². The summed E-state index contributed by atoms with van der Waals surface area (Å²) in [6.07, 6.45) is 2.19. The van der Waals surface area contributed by atoms with Crippen LogP contribution < -0.4 is 5.32 Å². The summed E-state index contributed by atoms with van der Waals surface area (Å²) in [5.74, 6) is 1.26. The van der Waals surface area contributed by atoms with Crippen molar-refractivity contribution in [2.45, 2.75) is 25.8 Å². The summed E-state index contributed by atoms with van der Waals surface area (Å²) in [4.78, 5) is 13.8. The molecule has 2 fully saturated rings. The summed E-state index contributed by atoms with van der Waals surface area (Å²) in [6.45, 7) is 4.19. The van der Waals surface area contributed by atoms with Crippen molar-refractivity contribution in [1.82, 2.24) is 10.2 Å². The lowest BCUT2D eigenvalue weighted by Gasteiger charge is -2.42. The first-order valence-corrected chi connectivity index (χ1v) is 5.17. The molecule has 2 rings (SSSR count). The molecule has 0 bridgehead atoms. The summed E-state index contributed by atoms with van der Waals surface area (Å²) < 4.78 is 0. The number of hydrogen-bond donors (Lipinski definition) is 1. The number of hydrogen-bond acceptors (Lipinski definition) is 2. The minimum atomic E-state index is 0.308. The standard InChI is InChI=1S/C10H18N2O/c1-7-5-8-6-11-4-3-9(8)10(13)12(7)2/h7-9,11H,3-6H2,1-2H3. The molecule has 0 aliphatic carbocycles. The van der Waals surface area contributed by atoms with Gasteiger partial charge in [0.15, 0.2) is 0 Å². The Bertz CT molecular complexity index is 217. The molecule has 2 saturated heterocycles. The van der Waals surface area contributed by atoms with Crippen LogP contribution in [-0.2, 0) is 4.79 Å². The highest BCUT2D eigenvalue weighted by Gasteiger charge is 2.39. The van der Waals surface area contributed by atoms with E-state index < -0.39 is 0 Å². The van der Waals surface area contributed by atoms with Gasteiger partial charge in [0.1, 0.15) is 0 Å². The van der Waals surface area contributed by atoms with E-state index >= 15 is 0 Å². The molecule has 1 N–H and O–H groups in total. The lowest BCUT2D eigenvalue weighted by atomic mass is 9.78. The average molecular weight is 182 g/mol. The number of likely N-dealkylation sites (tertiary alicyclic amines) is 1. The first kappa shape index (κ1) is 9.00. The number of fused-ring (bicyclic) bond motifs is 1. The number of carbonyl (C=O) groups excluding carboxylic acids is 1. The van der Waals surface area contributed by atoms with Crippen LogP contribution in [0.5, 0.6) is 0 Å². The molecule has 0 aromatic carbocycles. The molecule has 0 aromatic rings. The van der Waals surface area contributed by atoms with Crippen LogP contribution in [0.2, 0.25) is 0 Å². The topological polar surface area (TPSA) is 32.3 Å². The van der Waals surface area contributed by atoms with Crippen LogP contribution in [0.25, 0.3) is 0 Å². The predicted molar refractivity (Wildman–Crippen MR) is 51.3 cm³/mol. The molecular weight excluding hydrogens is 164 g/mol. The van der Waals surface area contributed by atoms with Crippen LogP contribution in [0.1, 0.15) is 19.8 Å². The van der Waals surface area contributed by atoms with Crippen molar-refractivity contribution < 1.29 is 4.79 Å². The highest BCUT2D eigenvalue weighted by Crippen LogP contribution is 2.31. The normalized spacial score (nSPS) is 40.3. The quantitative estimate of drug-likeness (QED) is 0.590. The summed E-state index contributed by atoms with van der Waals surface area (Å²) in [5, 5.41) is 3.37. The van der Waals surface area contributed by atoms with Crippen molar-refractivity contribution in [3.63, 3.8) is 0 Å². The largest absolute Gasteiger partial charge is 0.343 e. The molecule has 0 radical (unpaired) electrons. The Hall–Kier alpha value is -0.570. The van der Waals surface area contributed by atoms with Gasteiger partial charge in [-0.15, -0.1) is 0 Å². The summed E-state index contributed by atoms with van der Waals surface area (Å²) in [7, 11) is 1.94. The molecule has 0 saturated carbocycles. The number of piperidine rings is 2. The van der Waals surface area contributed by atoms with Gasteiger partial charge in [-0.05, 0) is 38.8 Å². The third kappa shape index (κ3) is 1.46. The van der Waals surface area contributed by atoms with Gasteiger partial charge in [-0.2, -0.15) is 0 Å². The van der Waals surface area contributed by atoms with Crippen molar-refractivity contribution in [2.24, 2.45) is 11.8 Å². The zero-order valence-corrected chi connectivity index (χ0v) is 8.42. The lowest BCUT2D eigenvalue weighted by molar-refractivity contribution is -0.143. The summed E-state index contributed by atoms with van der Waals surface area (Å²) >= 11 is 0. The van der Waals surface area contributed by atoms with Crippen molar-refractivity contribution in [1.29, 1.82) is 0 Å². The minimum absolute atomic E-state index is 0.308. The molecule has 74 valence electrons. The zero-order chi connectivity index (χ0) is 9.42. The first-order chi connectivity index (χ1) is 6.20. The highest BCUT2D eigenvalue weighted by molar-refractivity contribution is 5.80. The van der Waals surface area contributed by atoms with Gasteiger partial charge in [0.05, 0.1) is 0 Å². The van der Waals surface area contributed by atoms with E-state index in [9.17, 15) is 4.79 Å². The second-order valence-electron chi connectivity index (χ2n) is 4.39. The second kappa shape index (κ2) is 3.29. The van der Waals surface area contributed by atoms with Crippen LogP contribution >= 0.6 is 0 Å². The first-order valence-electron chi connectivity index (χ1n) is 5.17. The maximum absolute atomic E-state index is 11.9. The van der Waals surface area contributed by atoms with Gasteiger partial charge in [0.2, 0.25) is 5.91 Å². The average Bonchev–Trinajstić information content (AvgIpc) is 2.15. The molecule has 2 aliphatic rings. The number of carbonyl (C=O) groups is 1. The maximum Gasteiger partial charge on any atom is 0.226 e. The zero-order valence-electron chi connectivity index (χ0n) is 8.42. The minimum Gasteiger partial charge on any atom is -0.343 e. The molecule has 13 heavy (non-hydrogen) atoms. The van der Waals surface area contributed by atoms with E-state index in [1.807, 2.05) is 11.9 Å². The molecule has 0 aromatic heterocycles. The Balaban J connectivity index is 2.12. The SMILES string of the molecule is CC1CC2CNCCC2C(=O)N1C. The molecule has 2 aliphatic heterocycles. The molecule has 3 unspecified atom stereocenters. The van der Waals surface area contributed by atoms with Gasteiger partial charge in [-0.25, -0.2) is 0 Å². The van der Waals surface area contributed by atoms with E-state index in [0.717, 1.165) is 19.5 Å². The van der Waals surface area contributed by atoms with Crippen LogP contribution in [0, 0.1) is 11.8 Å². The van der Waals surface area contributed by atoms with Crippen molar-refractivity contribution in [2.75, 3.05) is 20.1 Å². The highest BCUT2D eigenvalue weighted by atomic mass is 16.2. The van der Waals surface area contributed by atoms with Crippen molar-refractivity contribution in [3.05, 3.63) is 0 Å². The van der Waals surface area contributed by atoms with Gasteiger partial charge in [-0.1, -0.05) is 0 Å². The molecule has 2 heterocycles. The lowest BCUT2D eigenvalue weighted by Crippen LogP contribution is -2.53. The van der Waals surface area contributed by atoms with E-state index in [0.29, 0.717) is 23.8 Å². The second-order valence-corrected chi connectivity index (χ2v) is 4.39. The van der Waals surface area contributed by atoms with Crippen molar-refractivity contribution in [3.8, 4) is 0 Å². The Labute approximate surface area is 79.5 Å². The molecule has 0 spiro atoms. The van der Waals surface area contributed by atoms with Crippen molar-refractivity contribution >= 4 is 5.91 Å². The molecule has 1 amide bonds. The number of amides is 1. The smallest absolute Gasteiger partial charge is 0.226 e. The number of rotatable bonds is 0. The Kier molecular flexibility index (Phi) is 2.28. The Morgan fingerprint density at radius 1 is 1.54 bits per heavy atom. The fraction of sp³-hybridized carbons (Fsp3) is 0.900. The predicted octanol–water partition coefficient (Wildman–Crippen LogP) is 0.463. The van der Waals surface area contributed by atoms with E-state index in [1.165, 1.54) is 6.42 Å². The Morgan fingerprint density at radius 2 is 2.31 bits per heavy atom. The van der Waals surface area contributed by atoms with E-state index in [4.69, 9.17) is 0 Å². The fourth-order valence-corrected chi connectivity index (χ4v) is 2.57. The van der Waals surface area contributed by atoms with Crippen LogP contribution in [0.4, 0.5) is 0 Å². The van der Waals surface area contributed by atoms with Crippen LogP contribution in [0.15, 0.2) is 0 Å². The number of nitrogens with zero attached hydrogens (tertiary/aromatic N) is 1. The maximum atomic E-state index is 11.9. The fourth-order valence-electron chi connectivity index (χ4n) is 2.57.